The second-order valence-electron chi connectivity index (χ2n) is 8.95. The Balaban J connectivity index is 1.54. The van der Waals surface area contributed by atoms with Crippen LogP contribution in [0.25, 0.3) is 0 Å². The largest absolute Gasteiger partial charge is 0.342 e. The highest BCUT2D eigenvalue weighted by Crippen LogP contribution is 2.64. The Morgan fingerprint density at radius 1 is 1.00 bits per heavy atom. The highest BCUT2D eigenvalue weighted by molar-refractivity contribution is 9.10. The second kappa shape index (κ2) is 5.50. The van der Waals surface area contributed by atoms with Crippen LogP contribution in [0.5, 0.6) is 0 Å². The van der Waals surface area contributed by atoms with Crippen molar-refractivity contribution in [2.45, 2.75) is 87.4 Å². The Hall–Kier alpha value is -0.0500. The fourth-order valence-corrected chi connectivity index (χ4v) is 8.04. The van der Waals surface area contributed by atoms with Gasteiger partial charge in [-0.25, -0.2) is 0 Å². The minimum atomic E-state index is -0.0192. The maximum atomic E-state index is 13.5. The molecule has 2 atom stereocenters. The summed E-state index contributed by atoms with van der Waals surface area (Å²) in [6, 6.07) is 0.509. The molecule has 0 radical (unpaired) electrons. The Morgan fingerprint density at radius 2 is 1.59 bits per heavy atom. The third-order valence-electron chi connectivity index (χ3n) is 7.14. The maximum Gasteiger partial charge on any atom is 0.228 e. The number of alkyl halides is 1. The van der Waals surface area contributed by atoms with Crippen LogP contribution in [0.4, 0.5) is 0 Å². The number of rotatable bonds is 2. The number of amides is 1. The smallest absolute Gasteiger partial charge is 0.228 e. The molecule has 5 aliphatic carbocycles. The molecule has 0 spiro atoms. The van der Waals surface area contributed by atoms with E-state index >= 15 is 0 Å². The van der Waals surface area contributed by atoms with Gasteiger partial charge in [0, 0.05) is 17.4 Å². The van der Waals surface area contributed by atoms with Gasteiger partial charge in [-0.05, 0) is 63.2 Å². The van der Waals surface area contributed by atoms with Crippen molar-refractivity contribution in [3.63, 3.8) is 0 Å². The lowest BCUT2D eigenvalue weighted by atomic mass is 9.49. The summed E-state index contributed by atoms with van der Waals surface area (Å²) in [6.45, 7) is 0. The molecule has 0 aromatic heterocycles. The van der Waals surface area contributed by atoms with E-state index in [9.17, 15) is 4.79 Å². The lowest BCUT2D eigenvalue weighted by Gasteiger charge is -2.60. The molecule has 0 aromatic rings. The van der Waals surface area contributed by atoms with Gasteiger partial charge in [0.15, 0.2) is 0 Å². The minimum absolute atomic E-state index is 0.0192. The van der Waals surface area contributed by atoms with Gasteiger partial charge in [0.05, 0.1) is 5.41 Å². The summed E-state index contributed by atoms with van der Waals surface area (Å²) in [5.41, 5.74) is -0.0192. The van der Waals surface area contributed by atoms with Crippen LogP contribution in [0.1, 0.15) is 77.0 Å². The number of carbonyl (C=O) groups is 1. The predicted molar refractivity (Wildman–Crippen MR) is 93.0 cm³/mol. The molecule has 5 aliphatic rings. The SMILES string of the molecule is CN(C(=O)C12CC3CC(CC(Br)(C3)C1)C2)C1CCCCCC1. The van der Waals surface area contributed by atoms with Crippen LogP contribution in [-0.4, -0.2) is 28.2 Å². The van der Waals surface area contributed by atoms with Crippen LogP contribution in [0.15, 0.2) is 0 Å². The van der Waals surface area contributed by atoms with E-state index in [0.717, 1.165) is 18.3 Å². The summed E-state index contributed by atoms with van der Waals surface area (Å²) < 4.78 is 0.289. The van der Waals surface area contributed by atoms with Crippen molar-refractivity contribution in [3.8, 4) is 0 Å². The number of nitrogens with zero attached hydrogens (tertiary/aromatic N) is 1. The molecule has 0 N–H and O–H groups in total. The van der Waals surface area contributed by atoms with E-state index in [0.29, 0.717) is 11.9 Å². The molecular weight excluding hydrogens is 338 g/mol. The first-order valence-electron chi connectivity index (χ1n) is 9.46. The lowest BCUT2D eigenvalue weighted by molar-refractivity contribution is -0.156. The quantitative estimate of drug-likeness (QED) is 0.501. The summed E-state index contributed by atoms with van der Waals surface area (Å²) >= 11 is 4.05. The second-order valence-corrected chi connectivity index (χ2v) is 10.6. The Labute approximate surface area is 143 Å². The van der Waals surface area contributed by atoms with E-state index in [1.54, 1.807) is 0 Å². The minimum Gasteiger partial charge on any atom is -0.342 e. The fourth-order valence-electron chi connectivity index (χ4n) is 6.59. The van der Waals surface area contributed by atoms with Crippen molar-refractivity contribution in [1.82, 2.24) is 4.90 Å². The highest BCUT2D eigenvalue weighted by Gasteiger charge is 2.60. The summed E-state index contributed by atoms with van der Waals surface area (Å²) in [6.07, 6.45) is 15.2. The van der Waals surface area contributed by atoms with Crippen LogP contribution in [0, 0.1) is 17.3 Å². The van der Waals surface area contributed by atoms with E-state index in [2.05, 4.69) is 27.9 Å². The van der Waals surface area contributed by atoms with Crippen LogP contribution in [0.2, 0.25) is 0 Å². The molecule has 0 aromatic carbocycles. The average Bonchev–Trinajstić information content (AvgIpc) is 2.72. The predicted octanol–water partition coefficient (Wildman–Crippen LogP) is 4.90. The number of hydrogen-bond acceptors (Lipinski definition) is 1. The van der Waals surface area contributed by atoms with Gasteiger partial charge in [-0.2, -0.15) is 0 Å². The molecule has 0 saturated heterocycles. The van der Waals surface area contributed by atoms with Gasteiger partial charge in [0.25, 0.3) is 0 Å². The van der Waals surface area contributed by atoms with Crippen molar-refractivity contribution in [2.24, 2.45) is 17.3 Å². The zero-order valence-corrected chi connectivity index (χ0v) is 15.5. The summed E-state index contributed by atoms with van der Waals surface area (Å²) in [7, 11) is 2.11. The van der Waals surface area contributed by atoms with Gasteiger partial charge in [-0.15, -0.1) is 0 Å². The Bertz CT molecular complexity index is 440. The number of carbonyl (C=O) groups excluding carboxylic acids is 1. The van der Waals surface area contributed by atoms with Gasteiger partial charge in [-0.3, -0.25) is 4.79 Å². The molecular formula is C19H30BrNO. The molecule has 124 valence electrons. The Kier molecular flexibility index (Phi) is 3.87. The first kappa shape index (κ1) is 15.5. The molecule has 5 fully saturated rings. The fraction of sp³-hybridized carbons (Fsp3) is 0.947. The van der Waals surface area contributed by atoms with Crippen LogP contribution >= 0.6 is 15.9 Å². The van der Waals surface area contributed by atoms with E-state index < -0.39 is 0 Å². The average molecular weight is 368 g/mol. The first-order chi connectivity index (χ1) is 10.5. The molecule has 1 amide bonds. The third-order valence-corrected chi connectivity index (χ3v) is 8.06. The normalized spacial score (nSPS) is 44.8. The van der Waals surface area contributed by atoms with Gasteiger partial charge in [0.2, 0.25) is 5.91 Å². The van der Waals surface area contributed by atoms with Crippen LogP contribution in [-0.2, 0) is 4.79 Å². The van der Waals surface area contributed by atoms with E-state index in [4.69, 9.17) is 0 Å². The molecule has 0 heterocycles. The molecule has 0 aliphatic heterocycles. The standard InChI is InChI=1S/C19H30BrNO/c1-21(16-6-4-2-3-5-7-16)17(22)18-9-14-8-15(10-18)12-19(20,11-14)13-18/h14-16H,2-13H2,1H3. The van der Waals surface area contributed by atoms with E-state index in [1.165, 1.54) is 70.6 Å². The summed E-state index contributed by atoms with van der Waals surface area (Å²) in [4.78, 5) is 15.6. The lowest BCUT2D eigenvalue weighted by Crippen LogP contribution is -2.59. The first-order valence-corrected chi connectivity index (χ1v) is 10.3. The third kappa shape index (κ3) is 2.56. The van der Waals surface area contributed by atoms with Crippen LogP contribution < -0.4 is 0 Å². The van der Waals surface area contributed by atoms with Crippen LogP contribution in [0.3, 0.4) is 0 Å². The van der Waals surface area contributed by atoms with Crippen molar-refractivity contribution in [3.05, 3.63) is 0 Å². The summed E-state index contributed by atoms with van der Waals surface area (Å²) in [5.74, 6) is 2.09. The monoisotopic (exact) mass is 367 g/mol. The molecule has 5 saturated carbocycles. The zero-order chi connectivity index (χ0) is 15.4. The Morgan fingerprint density at radius 3 is 2.14 bits per heavy atom. The van der Waals surface area contributed by atoms with E-state index in [-0.39, 0.29) is 9.74 Å². The molecule has 2 nitrogen and oxygen atoms in total. The maximum absolute atomic E-state index is 13.5. The van der Waals surface area contributed by atoms with E-state index in [1.807, 2.05) is 0 Å². The van der Waals surface area contributed by atoms with Gasteiger partial charge in [0.1, 0.15) is 0 Å². The molecule has 22 heavy (non-hydrogen) atoms. The van der Waals surface area contributed by atoms with Gasteiger partial charge in [-0.1, -0.05) is 41.6 Å². The molecule has 2 unspecified atom stereocenters. The number of halogens is 1. The van der Waals surface area contributed by atoms with Crippen molar-refractivity contribution >= 4 is 21.8 Å². The molecule has 3 heteroatoms. The zero-order valence-electron chi connectivity index (χ0n) is 14.0. The van der Waals surface area contributed by atoms with Crippen molar-refractivity contribution < 1.29 is 4.79 Å². The van der Waals surface area contributed by atoms with Crippen molar-refractivity contribution in [1.29, 1.82) is 0 Å². The number of hydrogen-bond donors (Lipinski definition) is 0. The van der Waals surface area contributed by atoms with Crippen molar-refractivity contribution in [2.75, 3.05) is 7.05 Å². The van der Waals surface area contributed by atoms with Gasteiger partial charge >= 0.3 is 0 Å². The molecule has 5 rings (SSSR count). The topological polar surface area (TPSA) is 20.3 Å². The summed E-state index contributed by atoms with van der Waals surface area (Å²) in [5, 5.41) is 0. The highest BCUT2D eigenvalue weighted by atomic mass is 79.9. The molecule has 4 bridgehead atoms. The van der Waals surface area contributed by atoms with Gasteiger partial charge < -0.3 is 4.90 Å².